The maximum absolute atomic E-state index is 13.4. The molecule has 0 saturated heterocycles. The highest BCUT2D eigenvalue weighted by Crippen LogP contribution is 2.32. The zero-order valence-corrected chi connectivity index (χ0v) is 17.4. The summed E-state index contributed by atoms with van der Waals surface area (Å²) in [5.41, 5.74) is 0.463. The standard InChI is InChI=1S/C22H18F2N2O5S/c23-15-1-6-18(7-2-15)26(32(28,29)19-8-3-16(24)4-9-19)14-22(27)25-17-5-10-20-21(13-17)31-12-11-30-20/h1-10,13H,11-12,14H2,(H,25,27). The van der Waals surface area contributed by atoms with Gasteiger partial charge in [-0.05, 0) is 60.7 Å². The Morgan fingerprint density at radius 1 is 0.875 bits per heavy atom. The fourth-order valence-electron chi connectivity index (χ4n) is 3.11. The molecule has 7 nitrogen and oxygen atoms in total. The number of benzene rings is 3. The van der Waals surface area contributed by atoms with Crippen molar-refractivity contribution in [2.75, 3.05) is 29.4 Å². The van der Waals surface area contributed by atoms with Gasteiger partial charge in [-0.15, -0.1) is 0 Å². The van der Waals surface area contributed by atoms with Crippen molar-refractivity contribution in [2.45, 2.75) is 4.90 Å². The minimum atomic E-state index is -4.25. The van der Waals surface area contributed by atoms with Gasteiger partial charge >= 0.3 is 0 Å². The Kier molecular flexibility index (Phi) is 5.95. The van der Waals surface area contributed by atoms with Crippen LogP contribution in [0.15, 0.2) is 71.6 Å². The van der Waals surface area contributed by atoms with Gasteiger partial charge in [0.05, 0.1) is 10.6 Å². The van der Waals surface area contributed by atoms with Crippen molar-refractivity contribution >= 4 is 27.3 Å². The summed E-state index contributed by atoms with van der Waals surface area (Å²) in [5, 5.41) is 2.62. The molecule has 1 N–H and O–H groups in total. The molecule has 0 unspecified atom stereocenters. The summed E-state index contributed by atoms with van der Waals surface area (Å²) in [5.74, 6) is -0.802. The Morgan fingerprint density at radius 2 is 1.47 bits per heavy atom. The number of amides is 1. The van der Waals surface area contributed by atoms with Crippen LogP contribution in [0.2, 0.25) is 0 Å². The first-order valence-corrected chi connectivity index (χ1v) is 11.0. The molecule has 0 aromatic heterocycles. The number of ether oxygens (including phenoxy) is 2. The first kappa shape index (κ1) is 21.6. The molecule has 0 aliphatic carbocycles. The zero-order chi connectivity index (χ0) is 22.7. The molecule has 3 aromatic carbocycles. The van der Waals surface area contributed by atoms with Crippen LogP contribution in [-0.2, 0) is 14.8 Å². The minimum Gasteiger partial charge on any atom is -0.486 e. The number of rotatable bonds is 6. The lowest BCUT2D eigenvalue weighted by molar-refractivity contribution is -0.114. The quantitative estimate of drug-likeness (QED) is 0.608. The molecule has 0 fully saturated rings. The Labute approximate surface area is 183 Å². The van der Waals surface area contributed by atoms with Crippen LogP contribution in [0.1, 0.15) is 0 Å². The molecule has 10 heteroatoms. The maximum Gasteiger partial charge on any atom is 0.264 e. The lowest BCUT2D eigenvalue weighted by Crippen LogP contribution is -2.38. The number of fused-ring (bicyclic) bond motifs is 1. The number of sulfonamides is 1. The molecule has 0 saturated carbocycles. The molecule has 0 spiro atoms. The van der Waals surface area contributed by atoms with Crippen LogP contribution in [0.4, 0.5) is 20.2 Å². The molecule has 1 aliphatic rings. The summed E-state index contributed by atoms with van der Waals surface area (Å²) < 4.78 is 64.8. The third kappa shape index (κ3) is 4.65. The molecular weight excluding hydrogens is 442 g/mol. The molecule has 4 rings (SSSR count). The summed E-state index contributed by atoms with van der Waals surface area (Å²) in [6.45, 7) is 0.199. The lowest BCUT2D eigenvalue weighted by atomic mass is 10.2. The number of carbonyl (C=O) groups is 1. The second-order valence-corrected chi connectivity index (χ2v) is 8.71. The SMILES string of the molecule is O=C(CN(c1ccc(F)cc1)S(=O)(=O)c1ccc(F)cc1)Nc1ccc2c(c1)OCCO2. The van der Waals surface area contributed by atoms with Gasteiger partial charge in [-0.3, -0.25) is 9.10 Å². The van der Waals surface area contributed by atoms with E-state index in [1.54, 1.807) is 18.2 Å². The van der Waals surface area contributed by atoms with Gasteiger partial charge in [-0.1, -0.05) is 0 Å². The normalized spacial score (nSPS) is 12.8. The van der Waals surface area contributed by atoms with E-state index >= 15 is 0 Å². The van der Waals surface area contributed by atoms with E-state index in [9.17, 15) is 22.0 Å². The third-order valence-electron chi connectivity index (χ3n) is 4.63. The molecule has 0 radical (unpaired) electrons. The Morgan fingerprint density at radius 3 is 2.12 bits per heavy atom. The number of nitrogens with one attached hydrogen (secondary N) is 1. The second-order valence-electron chi connectivity index (χ2n) is 6.85. The molecule has 0 atom stereocenters. The van der Waals surface area contributed by atoms with Crippen molar-refractivity contribution in [3.8, 4) is 11.5 Å². The molecule has 32 heavy (non-hydrogen) atoms. The van der Waals surface area contributed by atoms with Gasteiger partial charge in [0.1, 0.15) is 31.4 Å². The van der Waals surface area contributed by atoms with Crippen molar-refractivity contribution in [1.82, 2.24) is 0 Å². The Balaban J connectivity index is 1.61. The maximum atomic E-state index is 13.4. The van der Waals surface area contributed by atoms with Crippen molar-refractivity contribution in [3.63, 3.8) is 0 Å². The average Bonchev–Trinajstić information content (AvgIpc) is 2.78. The molecule has 0 bridgehead atoms. The highest BCUT2D eigenvalue weighted by Gasteiger charge is 2.27. The van der Waals surface area contributed by atoms with E-state index in [1.165, 1.54) is 12.1 Å². The van der Waals surface area contributed by atoms with Crippen LogP contribution in [-0.4, -0.2) is 34.1 Å². The number of hydrogen-bond acceptors (Lipinski definition) is 5. The summed E-state index contributed by atoms with van der Waals surface area (Å²) in [6, 6.07) is 13.7. The smallest absolute Gasteiger partial charge is 0.264 e. The molecule has 1 aliphatic heterocycles. The van der Waals surface area contributed by atoms with Crippen LogP contribution in [0, 0.1) is 11.6 Å². The van der Waals surface area contributed by atoms with E-state index in [0.29, 0.717) is 30.4 Å². The topological polar surface area (TPSA) is 84.9 Å². The van der Waals surface area contributed by atoms with Crippen LogP contribution in [0.3, 0.4) is 0 Å². The minimum absolute atomic E-state index is 0.0769. The first-order valence-electron chi connectivity index (χ1n) is 9.56. The van der Waals surface area contributed by atoms with Gasteiger partial charge in [0.2, 0.25) is 5.91 Å². The van der Waals surface area contributed by atoms with Gasteiger partial charge < -0.3 is 14.8 Å². The van der Waals surface area contributed by atoms with Gasteiger partial charge in [0.25, 0.3) is 10.0 Å². The van der Waals surface area contributed by atoms with Crippen LogP contribution < -0.4 is 19.1 Å². The van der Waals surface area contributed by atoms with Gasteiger partial charge in [-0.2, -0.15) is 0 Å². The highest BCUT2D eigenvalue weighted by atomic mass is 32.2. The molecule has 166 valence electrons. The summed E-state index contributed by atoms with van der Waals surface area (Å²) in [4.78, 5) is 12.5. The van der Waals surface area contributed by atoms with Gasteiger partial charge in [0.15, 0.2) is 11.5 Å². The fourth-order valence-corrected chi connectivity index (χ4v) is 4.53. The molecular formula is C22H18F2N2O5S. The molecule has 3 aromatic rings. The van der Waals surface area contributed by atoms with E-state index in [0.717, 1.165) is 40.7 Å². The van der Waals surface area contributed by atoms with E-state index in [4.69, 9.17) is 9.47 Å². The van der Waals surface area contributed by atoms with Crippen LogP contribution in [0.25, 0.3) is 0 Å². The Bertz CT molecular complexity index is 1230. The second kappa shape index (κ2) is 8.83. The molecule has 1 heterocycles. The monoisotopic (exact) mass is 460 g/mol. The number of anilines is 2. The van der Waals surface area contributed by atoms with E-state index in [-0.39, 0.29) is 10.6 Å². The van der Waals surface area contributed by atoms with E-state index in [1.807, 2.05) is 0 Å². The number of halogens is 2. The lowest BCUT2D eigenvalue weighted by Gasteiger charge is -2.24. The molecule has 1 amide bonds. The largest absolute Gasteiger partial charge is 0.486 e. The van der Waals surface area contributed by atoms with E-state index in [2.05, 4.69) is 5.32 Å². The summed E-state index contributed by atoms with van der Waals surface area (Å²) in [7, 11) is -4.25. The Hall–Kier alpha value is -3.66. The predicted octanol–water partition coefficient (Wildman–Crippen LogP) is 3.57. The van der Waals surface area contributed by atoms with Crippen molar-refractivity contribution in [2.24, 2.45) is 0 Å². The third-order valence-corrected chi connectivity index (χ3v) is 6.42. The summed E-state index contributed by atoms with van der Waals surface area (Å²) >= 11 is 0. The van der Waals surface area contributed by atoms with Gasteiger partial charge in [0, 0.05) is 11.8 Å². The number of hydrogen-bond donors (Lipinski definition) is 1. The summed E-state index contributed by atoms with van der Waals surface area (Å²) in [6.07, 6.45) is 0. The number of carbonyl (C=O) groups excluding carboxylic acids is 1. The van der Waals surface area contributed by atoms with Crippen molar-refractivity contribution in [3.05, 3.63) is 78.4 Å². The van der Waals surface area contributed by atoms with Crippen molar-refractivity contribution < 1.29 is 31.5 Å². The van der Waals surface area contributed by atoms with Gasteiger partial charge in [-0.25, -0.2) is 17.2 Å². The fraction of sp³-hybridized carbons (Fsp3) is 0.136. The average molecular weight is 460 g/mol. The zero-order valence-electron chi connectivity index (χ0n) is 16.6. The highest BCUT2D eigenvalue weighted by molar-refractivity contribution is 7.92. The number of nitrogens with zero attached hydrogens (tertiary/aromatic N) is 1. The van der Waals surface area contributed by atoms with Crippen LogP contribution in [0.5, 0.6) is 11.5 Å². The first-order chi connectivity index (χ1) is 15.3. The van der Waals surface area contributed by atoms with Crippen LogP contribution >= 0.6 is 0 Å². The predicted molar refractivity (Wildman–Crippen MR) is 113 cm³/mol. The van der Waals surface area contributed by atoms with Crippen molar-refractivity contribution in [1.29, 1.82) is 0 Å². The van der Waals surface area contributed by atoms with E-state index < -0.39 is 34.1 Å².